The molecule has 2 heterocycles. The van der Waals surface area contributed by atoms with Crippen LogP contribution in [0, 0.1) is 5.82 Å². The SMILES string of the molecule is O=c1ncc(F)c(NC2O[C@H](CO)[C@H](O)[C@H](O)[C@H]2O)[nH]1. The number of aliphatic hydroxyl groups excluding tert-OH is 4. The Hall–Kier alpha value is -1.59. The van der Waals surface area contributed by atoms with Gasteiger partial charge in [0.05, 0.1) is 12.8 Å². The summed E-state index contributed by atoms with van der Waals surface area (Å²) >= 11 is 0. The van der Waals surface area contributed by atoms with Crippen LogP contribution in [0.3, 0.4) is 0 Å². The smallest absolute Gasteiger partial charge is 0.346 e. The Morgan fingerprint density at radius 2 is 2.05 bits per heavy atom. The summed E-state index contributed by atoms with van der Waals surface area (Å²) in [5, 5.41) is 40.2. The first kappa shape index (κ1) is 14.8. The van der Waals surface area contributed by atoms with E-state index in [4.69, 9.17) is 9.84 Å². The zero-order chi connectivity index (χ0) is 14.9. The van der Waals surface area contributed by atoms with Gasteiger partial charge in [0.25, 0.3) is 0 Å². The molecule has 1 aliphatic rings. The quantitative estimate of drug-likeness (QED) is 0.348. The molecule has 5 atom stereocenters. The topological polar surface area (TPSA) is 148 Å². The van der Waals surface area contributed by atoms with Crippen molar-refractivity contribution < 1.29 is 29.6 Å². The van der Waals surface area contributed by atoms with Gasteiger partial charge in [-0.25, -0.2) is 9.18 Å². The zero-order valence-electron chi connectivity index (χ0n) is 10.1. The number of hydrogen-bond acceptors (Lipinski definition) is 8. The van der Waals surface area contributed by atoms with E-state index < -0.39 is 54.6 Å². The molecule has 1 aromatic heterocycles. The average molecular weight is 291 g/mol. The first-order valence-corrected chi connectivity index (χ1v) is 5.76. The number of aliphatic hydroxyl groups is 4. The van der Waals surface area contributed by atoms with Gasteiger partial charge in [0.15, 0.2) is 12.0 Å². The maximum atomic E-state index is 13.4. The van der Waals surface area contributed by atoms with Crippen LogP contribution >= 0.6 is 0 Å². The van der Waals surface area contributed by atoms with E-state index in [9.17, 15) is 24.5 Å². The van der Waals surface area contributed by atoms with Gasteiger partial charge in [-0.15, -0.1) is 0 Å². The van der Waals surface area contributed by atoms with Crippen molar-refractivity contribution in [3.8, 4) is 0 Å². The molecule has 2 rings (SSSR count). The van der Waals surface area contributed by atoms with Crippen LogP contribution in [0.1, 0.15) is 0 Å². The number of nitrogens with zero attached hydrogens (tertiary/aromatic N) is 1. The van der Waals surface area contributed by atoms with E-state index in [-0.39, 0.29) is 0 Å². The van der Waals surface area contributed by atoms with Crippen molar-refractivity contribution in [1.82, 2.24) is 9.97 Å². The molecule has 10 heteroatoms. The first-order chi connectivity index (χ1) is 9.43. The molecule has 20 heavy (non-hydrogen) atoms. The lowest BCUT2D eigenvalue weighted by Crippen LogP contribution is -2.60. The standard InChI is InChI=1S/C10H14FN3O6/c11-3-1-12-10(19)14-8(3)13-9-7(18)6(17)5(16)4(2-15)20-9/h1,4-7,9,15-18H,2H2,(H2,12,13,14,19)/t4-,5+,6+,7-,9?/m1/s1. The van der Waals surface area contributed by atoms with Crippen molar-refractivity contribution in [3.05, 3.63) is 22.5 Å². The minimum Gasteiger partial charge on any atom is -0.394 e. The van der Waals surface area contributed by atoms with Crippen molar-refractivity contribution in [2.45, 2.75) is 30.6 Å². The van der Waals surface area contributed by atoms with Crippen molar-refractivity contribution in [3.63, 3.8) is 0 Å². The van der Waals surface area contributed by atoms with E-state index in [0.717, 1.165) is 0 Å². The Kier molecular flexibility index (Phi) is 4.30. The zero-order valence-corrected chi connectivity index (χ0v) is 10.1. The first-order valence-electron chi connectivity index (χ1n) is 5.76. The van der Waals surface area contributed by atoms with Crippen LogP contribution in [0.2, 0.25) is 0 Å². The summed E-state index contributed by atoms with van der Waals surface area (Å²) in [6.45, 7) is -0.613. The summed E-state index contributed by atoms with van der Waals surface area (Å²) in [4.78, 5) is 16.2. The maximum absolute atomic E-state index is 13.4. The minimum absolute atomic E-state index is 0.394. The van der Waals surface area contributed by atoms with Gasteiger partial charge >= 0.3 is 5.69 Å². The Morgan fingerprint density at radius 1 is 1.35 bits per heavy atom. The molecule has 0 saturated carbocycles. The molecular formula is C10H14FN3O6. The number of ether oxygens (including phenoxy) is 1. The monoisotopic (exact) mass is 291 g/mol. The third kappa shape index (κ3) is 2.78. The molecule has 1 unspecified atom stereocenters. The van der Waals surface area contributed by atoms with Gasteiger partial charge in [-0.3, -0.25) is 4.98 Å². The summed E-state index contributed by atoms with van der Waals surface area (Å²) in [7, 11) is 0. The number of nitrogens with one attached hydrogen (secondary N) is 2. The fourth-order valence-electron chi connectivity index (χ4n) is 1.85. The lowest BCUT2D eigenvalue weighted by molar-refractivity contribution is -0.221. The molecule has 0 bridgehead atoms. The molecule has 1 saturated heterocycles. The van der Waals surface area contributed by atoms with Gasteiger partial charge in [-0.2, -0.15) is 4.98 Å². The van der Waals surface area contributed by atoms with Crippen molar-refractivity contribution in [1.29, 1.82) is 0 Å². The van der Waals surface area contributed by atoms with E-state index in [2.05, 4.69) is 15.3 Å². The number of anilines is 1. The minimum atomic E-state index is -1.60. The predicted molar refractivity (Wildman–Crippen MR) is 62.2 cm³/mol. The average Bonchev–Trinajstić information content (AvgIpc) is 2.43. The Morgan fingerprint density at radius 3 is 2.70 bits per heavy atom. The molecule has 0 amide bonds. The van der Waals surface area contributed by atoms with Crippen molar-refractivity contribution in [2.24, 2.45) is 0 Å². The molecule has 1 fully saturated rings. The number of H-pyrrole nitrogens is 1. The normalized spacial score (nSPS) is 34.0. The highest BCUT2D eigenvalue weighted by Crippen LogP contribution is 2.22. The predicted octanol–water partition coefficient (Wildman–Crippen LogP) is -2.88. The fourth-order valence-corrected chi connectivity index (χ4v) is 1.85. The highest BCUT2D eigenvalue weighted by molar-refractivity contribution is 5.35. The van der Waals surface area contributed by atoms with Gasteiger partial charge in [0.1, 0.15) is 30.2 Å². The number of halogens is 1. The number of hydrogen-bond donors (Lipinski definition) is 6. The van der Waals surface area contributed by atoms with Crippen molar-refractivity contribution >= 4 is 5.82 Å². The van der Waals surface area contributed by atoms with E-state index in [1.807, 2.05) is 0 Å². The van der Waals surface area contributed by atoms with Crippen LogP contribution < -0.4 is 11.0 Å². The van der Waals surface area contributed by atoms with Crippen molar-refractivity contribution in [2.75, 3.05) is 11.9 Å². The highest BCUT2D eigenvalue weighted by atomic mass is 19.1. The summed E-state index contributed by atoms with van der Waals surface area (Å²) in [6, 6.07) is 0. The fraction of sp³-hybridized carbons (Fsp3) is 0.600. The summed E-state index contributed by atoms with van der Waals surface area (Å²) < 4.78 is 18.5. The number of aromatic nitrogens is 2. The summed E-state index contributed by atoms with van der Waals surface area (Å²) in [5.74, 6) is -1.30. The summed E-state index contributed by atoms with van der Waals surface area (Å²) in [6.07, 6.45) is -6.51. The van der Waals surface area contributed by atoms with E-state index in [1.54, 1.807) is 0 Å². The van der Waals surface area contributed by atoms with E-state index in [1.165, 1.54) is 0 Å². The van der Waals surface area contributed by atoms with Gasteiger partial charge in [0.2, 0.25) is 0 Å². The summed E-state index contributed by atoms with van der Waals surface area (Å²) in [5.41, 5.74) is -0.821. The van der Waals surface area contributed by atoms with Gasteiger partial charge in [-0.05, 0) is 0 Å². The number of aromatic amines is 1. The second-order valence-electron chi connectivity index (χ2n) is 4.31. The lowest BCUT2D eigenvalue weighted by atomic mass is 9.98. The molecular weight excluding hydrogens is 277 g/mol. The van der Waals surface area contributed by atoms with Crippen LogP contribution in [0.5, 0.6) is 0 Å². The van der Waals surface area contributed by atoms with Crippen LogP contribution in [-0.4, -0.2) is 67.6 Å². The molecule has 1 aromatic rings. The van der Waals surface area contributed by atoms with Gasteiger partial charge in [-0.1, -0.05) is 0 Å². The molecule has 6 N–H and O–H groups in total. The molecule has 1 aliphatic heterocycles. The van der Waals surface area contributed by atoms with E-state index >= 15 is 0 Å². The third-order valence-electron chi connectivity index (χ3n) is 2.94. The highest BCUT2D eigenvalue weighted by Gasteiger charge is 2.43. The van der Waals surface area contributed by atoms with Gasteiger partial charge in [0, 0.05) is 0 Å². The Bertz CT molecular complexity index is 524. The second kappa shape index (κ2) is 5.81. The molecule has 0 spiro atoms. The van der Waals surface area contributed by atoms with Crippen LogP contribution in [0.15, 0.2) is 11.0 Å². The molecule has 0 aliphatic carbocycles. The lowest BCUT2D eigenvalue weighted by Gasteiger charge is -2.40. The van der Waals surface area contributed by atoms with Crippen LogP contribution in [0.4, 0.5) is 10.2 Å². The molecule has 0 radical (unpaired) electrons. The molecule has 9 nitrogen and oxygen atoms in total. The second-order valence-corrected chi connectivity index (χ2v) is 4.31. The largest absolute Gasteiger partial charge is 0.394 e. The number of rotatable bonds is 3. The Labute approximate surface area is 111 Å². The van der Waals surface area contributed by atoms with Crippen LogP contribution in [0.25, 0.3) is 0 Å². The van der Waals surface area contributed by atoms with Gasteiger partial charge < -0.3 is 30.5 Å². The molecule has 112 valence electrons. The van der Waals surface area contributed by atoms with Crippen LogP contribution in [-0.2, 0) is 4.74 Å². The Balaban J connectivity index is 2.19. The maximum Gasteiger partial charge on any atom is 0.346 e. The molecule has 0 aromatic carbocycles. The van der Waals surface area contributed by atoms with E-state index in [0.29, 0.717) is 6.20 Å². The third-order valence-corrected chi connectivity index (χ3v) is 2.94.